The van der Waals surface area contributed by atoms with E-state index in [0.29, 0.717) is 35.9 Å². The first-order valence-electron chi connectivity index (χ1n) is 9.27. The van der Waals surface area contributed by atoms with Crippen molar-refractivity contribution in [3.63, 3.8) is 0 Å². The Hall–Kier alpha value is -2.16. The average molecular weight is 419 g/mol. The second kappa shape index (κ2) is 7.69. The smallest absolute Gasteiger partial charge is 0.252 e. The van der Waals surface area contributed by atoms with Crippen molar-refractivity contribution in [2.45, 2.75) is 30.0 Å². The van der Waals surface area contributed by atoms with Crippen molar-refractivity contribution in [2.75, 3.05) is 13.1 Å². The fourth-order valence-electron chi connectivity index (χ4n) is 3.51. The quantitative estimate of drug-likeness (QED) is 0.684. The van der Waals surface area contributed by atoms with Gasteiger partial charge in [0.2, 0.25) is 5.91 Å². The number of nitrogens with zero attached hydrogens (tertiary/aromatic N) is 1. The number of amides is 1. The predicted molar refractivity (Wildman–Crippen MR) is 109 cm³/mol. The van der Waals surface area contributed by atoms with Crippen LogP contribution >= 0.6 is 11.3 Å². The first-order valence-corrected chi connectivity index (χ1v) is 11.6. The molecule has 0 radical (unpaired) electrons. The van der Waals surface area contributed by atoms with E-state index in [1.165, 1.54) is 15.6 Å². The number of hydrogen-bond acceptors (Lipinski definition) is 5. The Morgan fingerprint density at radius 2 is 1.96 bits per heavy atom. The molecular weight excluding hydrogens is 396 g/mol. The molecule has 0 bridgehead atoms. The third-order valence-electron chi connectivity index (χ3n) is 5.14. The van der Waals surface area contributed by atoms with E-state index < -0.39 is 10.0 Å². The molecule has 1 aliphatic heterocycles. The fourth-order valence-corrected chi connectivity index (χ4v) is 6.13. The second-order valence-electron chi connectivity index (χ2n) is 7.03. The number of carbonyl (C=O) groups is 1. The highest BCUT2D eigenvalue weighted by atomic mass is 32.2. The molecule has 3 heterocycles. The molecule has 1 fully saturated rings. The minimum atomic E-state index is -3.44. The fraction of sp³-hybridized carbons (Fsp3) is 0.350. The van der Waals surface area contributed by atoms with Gasteiger partial charge < -0.3 is 9.73 Å². The largest absolute Gasteiger partial charge is 0.459 e. The molecule has 0 aliphatic carbocycles. The molecule has 0 saturated carbocycles. The average Bonchev–Trinajstić information content (AvgIpc) is 3.38. The van der Waals surface area contributed by atoms with Gasteiger partial charge in [-0.2, -0.15) is 4.31 Å². The zero-order valence-corrected chi connectivity index (χ0v) is 17.1. The van der Waals surface area contributed by atoms with Crippen LogP contribution in [0.5, 0.6) is 0 Å². The van der Waals surface area contributed by atoms with Crippen LogP contribution in [0.1, 0.15) is 31.6 Å². The topological polar surface area (TPSA) is 79.6 Å². The lowest BCUT2D eigenvalue weighted by Crippen LogP contribution is -2.43. The first kappa shape index (κ1) is 19.2. The zero-order valence-electron chi connectivity index (χ0n) is 15.5. The van der Waals surface area contributed by atoms with Crippen LogP contribution in [0.2, 0.25) is 0 Å². The molecule has 2 aromatic heterocycles. The summed E-state index contributed by atoms with van der Waals surface area (Å²) in [6, 6.07) is 12.8. The Morgan fingerprint density at radius 3 is 2.64 bits per heavy atom. The number of hydrogen-bond donors (Lipinski definition) is 1. The summed E-state index contributed by atoms with van der Waals surface area (Å²) in [4.78, 5) is 12.7. The van der Waals surface area contributed by atoms with Crippen LogP contribution in [0, 0.1) is 5.92 Å². The van der Waals surface area contributed by atoms with Gasteiger partial charge in [-0.25, -0.2) is 8.42 Å². The van der Waals surface area contributed by atoms with E-state index in [1.807, 2.05) is 37.3 Å². The monoisotopic (exact) mass is 418 g/mol. The van der Waals surface area contributed by atoms with E-state index in [-0.39, 0.29) is 17.9 Å². The highest BCUT2D eigenvalue weighted by Gasteiger charge is 2.33. The van der Waals surface area contributed by atoms with Crippen molar-refractivity contribution in [3.8, 4) is 0 Å². The molecule has 6 nitrogen and oxygen atoms in total. The highest BCUT2D eigenvalue weighted by molar-refractivity contribution is 7.91. The van der Waals surface area contributed by atoms with E-state index in [9.17, 15) is 13.2 Å². The number of piperidine rings is 1. The Bertz CT molecular complexity index is 1030. The summed E-state index contributed by atoms with van der Waals surface area (Å²) in [7, 11) is -3.44. The van der Waals surface area contributed by atoms with E-state index in [0.717, 1.165) is 11.0 Å². The lowest BCUT2D eigenvalue weighted by molar-refractivity contribution is -0.126. The van der Waals surface area contributed by atoms with Gasteiger partial charge in [-0.05, 0) is 43.3 Å². The van der Waals surface area contributed by atoms with Gasteiger partial charge in [-0.3, -0.25) is 4.79 Å². The van der Waals surface area contributed by atoms with Crippen LogP contribution < -0.4 is 5.32 Å². The molecule has 0 spiro atoms. The molecule has 8 heteroatoms. The van der Waals surface area contributed by atoms with Crippen molar-refractivity contribution in [3.05, 3.63) is 53.6 Å². The molecule has 1 aromatic carbocycles. The Balaban J connectivity index is 1.36. The van der Waals surface area contributed by atoms with Gasteiger partial charge in [0.05, 0.1) is 6.04 Å². The van der Waals surface area contributed by atoms with Gasteiger partial charge in [0.25, 0.3) is 10.0 Å². The summed E-state index contributed by atoms with van der Waals surface area (Å²) >= 11 is 1.22. The van der Waals surface area contributed by atoms with Gasteiger partial charge in [0.15, 0.2) is 0 Å². The molecule has 1 saturated heterocycles. The lowest BCUT2D eigenvalue weighted by atomic mass is 9.97. The predicted octanol–water partition coefficient (Wildman–Crippen LogP) is 3.77. The third kappa shape index (κ3) is 3.72. The second-order valence-corrected chi connectivity index (χ2v) is 10.1. The van der Waals surface area contributed by atoms with E-state index >= 15 is 0 Å². The normalized spacial score (nSPS) is 17.6. The number of nitrogens with one attached hydrogen (secondary N) is 1. The summed E-state index contributed by atoms with van der Waals surface area (Å²) in [5.41, 5.74) is 0.797. The van der Waals surface area contributed by atoms with E-state index in [2.05, 4.69) is 5.32 Å². The van der Waals surface area contributed by atoms with Crippen LogP contribution in [0.4, 0.5) is 0 Å². The molecule has 1 atom stereocenters. The number of fused-ring (bicyclic) bond motifs is 1. The van der Waals surface area contributed by atoms with E-state index in [4.69, 9.17) is 4.42 Å². The molecule has 28 heavy (non-hydrogen) atoms. The molecule has 148 valence electrons. The molecule has 1 amide bonds. The number of carbonyl (C=O) groups excluding carboxylic acids is 1. The van der Waals surface area contributed by atoms with Crippen LogP contribution in [-0.2, 0) is 14.8 Å². The molecule has 3 aromatic rings. The summed E-state index contributed by atoms with van der Waals surface area (Å²) in [5, 5.41) is 5.77. The van der Waals surface area contributed by atoms with Gasteiger partial charge in [0, 0.05) is 24.4 Å². The van der Waals surface area contributed by atoms with Crippen LogP contribution in [0.3, 0.4) is 0 Å². The lowest BCUT2D eigenvalue weighted by Gasteiger charge is -2.30. The van der Waals surface area contributed by atoms with Crippen molar-refractivity contribution in [1.29, 1.82) is 0 Å². The number of furan rings is 1. The molecule has 1 N–H and O–H groups in total. The van der Waals surface area contributed by atoms with Gasteiger partial charge >= 0.3 is 0 Å². The number of thiophene rings is 1. The Morgan fingerprint density at radius 1 is 1.21 bits per heavy atom. The number of rotatable bonds is 5. The van der Waals surface area contributed by atoms with E-state index in [1.54, 1.807) is 17.5 Å². The molecule has 0 unspecified atom stereocenters. The maximum absolute atomic E-state index is 12.7. The number of para-hydroxylation sites is 1. The summed E-state index contributed by atoms with van der Waals surface area (Å²) in [5.74, 6) is 0.468. The summed E-state index contributed by atoms with van der Waals surface area (Å²) in [6.45, 7) is 2.61. The van der Waals surface area contributed by atoms with Crippen molar-refractivity contribution in [2.24, 2.45) is 5.92 Å². The minimum absolute atomic E-state index is 0.0545. The Labute approximate surface area is 168 Å². The molecule has 4 rings (SSSR count). The van der Waals surface area contributed by atoms with Crippen LogP contribution in [0.15, 0.2) is 56.5 Å². The summed E-state index contributed by atoms with van der Waals surface area (Å²) in [6.07, 6.45) is 1.03. The Kier molecular flexibility index (Phi) is 5.27. The maximum atomic E-state index is 12.7. The highest BCUT2D eigenvalue weighted by Crippen LogP contribution is 2.28. The van der Waals surface area contributed by atoms with Crippen LogP contribution in [-0.4, -0.2) is 31.7 Å². The maximum Gasteiger partial charge on any atom is 0.252 e. The molecular formula is C20H22N2O4S2. The zero-order chi connectivity index (χ0) is 19.7. The van der Waals surface area contributed by atoms with Crippen molar-refractivity contribution in [1.82, 2.24) is 9.62 Å². The van der Waals surface area contributed by atoms with Crippen molar-refractivity contribution >= 4 is 38.2 Å². The molecule has 1 aliphatic rings. The van der Waals surface area contributed by atoms with Crippen LogP contribution in [0.25, 0.3) is 11.0 Å². The standard InChI is InChI=1S/C20H22N2O4S2/c1-14(18-13-16-5-2-3-6-17(16)26-18)21-20(23)15-8-10-22(11-9-15)28(24,25)19-7-4-12-27-19/h2-7,12-15H,8-11H2,1H3,(H,21,23)/t14-/m1/s1. The third-order valence-corrected chi connectivity index (χ3v) is 8.42. The summed E-state index contributed by atoms with van der Waals surface area (Å²) < 4.78 is 32.8. The minimum Gasteiger partial charge on any atom is -0.459 e. The van der Waals surface area contributed by atoms with Gasteiger partial charge in [-0.1, -0.05) is 24.3 Å². The SMILES string of the molecule is C[C@@H](NC(=O)C1CCN(S(=O)(=O)c2cccs2)CC1)c1cc2ccccc2o1. The van der Waals surface area contributed by atoms with Crippen molar-refractivity contribution < 1.29 is 17.6 Å². The van der Waals surface area contributed by atoms with Gasteiger partial charge in [-0.15, -0.1) is 11.3 Å². The number of sulfonamides is 1. The first-order chi connectivity index (χ1) is 13.4. The van der Waals surface area contributed by atoms with Gasteiger partial charge in [0.1, 0.15) is 15.6 Å². The number of benzene rings is 1.